The van der Waals surface area contributed by atoms with Crippen LogP contribution in [0, 0.1) is 5.92 Å². The van der Waals surface area contributed by atoms with E-state index in [0.717, 1.165) is 12.8 Å². The highest BCUT2D eigenvalue weighted by Crippen LogP contribution is 2.27. The molecule has 3 heterocycles. The van der Waals surface area contributed by atoms with Gasteiger partial charge in [0, 0.05) is 26.2 Å². The van der Waals surface area contributed by atoms with Gasteiger partial charge in [0.25, 0.3) is 5.91 Å². The number of thiazole rings is 1. The molecule has 0 saturated carbocycles. The smallest absolute Gasteiger partial charge is 0.265 e. The normalized spacial score (nSPS) is 16.3. The molecule has 2 amide bonds. The van der Waals surface area contributed by atoms with Crippen molar-refractivity contribution < 1.29 is 14.0 Å². The van der Waals surface area contributed by atoms with Gasteiger partial charge in [0.1, 0.15) is 4.88 Å². The lowest BCUT2D eigenvalue weighted by Crippen LogP contribution is -2.46. The zero-order chi connectivity index (χ0) is 16.9. The molecule has 1 aliphatic rings. The summed E-state index contributed by atoms with van der Waals surface area (Å²) in [5, 5.41) is 3.48. The number of carbonyl (C=O) groups excluding carboxylic acids is 2. The third kappa shape index (κ3) is 5.20. The van der Waals surface area contributed by atoms with Crippen molar-refractivity contribution in [1.29, 1.82) is 0 Å². The maximum absolute atomic E-state index is 12.7. The van der Waals surface area contributed by atoms with Gasteiger partial charge >= 0.3 is 0 Å². The van der Waals surface area contributed by atoms with Crippen LogP contribution in [0.25, 0.3) is 10.8 Å². The first-order valence-electron chi connectivity index (χ1n) is 7.96. The summed E-state index contributed by atoms with van der Waals surface area (Å²) >= 11 is 1.30. The molecule has 1 fully saturated rings. The fourth-order valence-electron chi connectivity index (χ4n) is 2.76. The van der Waals surface area contributed by atoms with E-state index in [9.17, 15) is 9.59 Å². The minimum absolute atomic E-state index is 0. The number of nitrogens with one attached hydrogen (secondary N) is 1. The number of piperidine rings is 1. The van der Waals surface area contributed by atoms with E-state index in [0.29, 0.717) is 41.8 Å². The highest BCUT2D eigenvalue weighted by molar-refractivity contribution is 7.16. The van der Waals surface area contributed by atoms with Gasteiger partial charge in [-0.05, 0) is 25.0 Å². The second-order valence-corrected chi connectivity index (χ2v) is 6.71. The van der Waals surface area contributed by atoms with Gasteiger partial charge in [-0.2, -0.15) is 0 Å². The van der Waals surface area contributed by atoms with Crippen LogP contribution in [0.5, 0.6) is 0 Å². The Kier molecular flexibility index (Phi) is 9.07. The summed E-state index contributed by atoms with van der Waals surface area (Å²) in [4.78, 5) is 31.3. The van der Waals surface area contributed by atoms with Crippen molar-refractivity contribution in [2.45, 2.75) is 12.8 Å². The number of amides is 2. The number of likely N-dealkylation sites (tertiary alicyclic amines) is 1. The lowest BCUT2D eigenvalue weighted by atomic mass is 9.97. The molecule has 3 N–H and O–H groups in total. The largest absolute Gasteiger partial charge is 0.462 e. The van der Waals surface area contributed by atoms with Crippen molar-refractivity contribution in [1.82, 2.24) is 15.2 Å². The summed E-state index contributed by atoms with van der Waals surface area (Å²) in [6, 6.07) is 3.60. The van der Waals surface area contributed by atoms with Crippen LogP contribution in [0.15, 0.2) is 29.0 Å². The number of carbonyl (C=O) groups is 2. The lowest BCUT2D eigenvalue weighted by molar-refractivity contribution is -0.126. The number of nitrogens with two attached hydrogens (primary N) is 1. The quantitative estimate of drug-likeness (QED) is 0.771. The van der Waals surface area contributed by atoms with Crippen LogP contribution in [0.1, 0.15) is 22.5 Å². The van der Waals surface area contributed by atoms with Crippen LogP contribution >= 0.6 is 36.2 Å². The molecule has 26 heavy (non-hydrogen) atoms. The molecule has 10 heteroatoms. The van der Waals surface area contributed by atoms with E-state index >= 15 is 0 Å². The van der Waals surface area contributed by atoms with Crippen LogP contribution in [0.4, 0.5) is 0 Å². The second-order valence-electron chi connectivity index (χ2n) is 5.68. The van der Waals surface area contributed by atoms with Crippen molar-refractivity contribution in [3.8, 4) is 10.8 Å². The van der Waals surface area contributed by atoms with Gasteiger partial charge in [-0.25, -0.2) is 4.98 Å². The maximum atomic E-state index is 12.7. The first-order valence-corrected chi connectivity index (χ1v) is 8.77. The number of rotatable bonds is 5. The molecule has 0 aromatic carbocycles. The van der Waals surface area contributed by atoms with E-state index in [1.54, 1.807) is 23.4 Å². The van der Waals surface area contributed by atoms with E-state index in [1.165, 1.54) is 11.3 Å². The molecule has 0 aliphatic carbocycles. The SMILES string of the molecule is Cl.Cl.NCCNC(=O)C1CCCN(C(=O)c2cnc(-c3ccco3)s2)C1. The summed E-state index contributed by atoms with van der Waals surface area (Å²) in [6.07, 6.45) is 4.76. The number of aromatic nitrogens is 1. The molecule has 0 spiro atoms. The van der Waals surface area contributed by atoms with E-state index in [4.69, 9.17) is 10.2 Å². The summed E-state index contributed by atoms with van der Waals surface area (Å²) < 4.78 is 5.30. The van der Waals surface area contributed by atoms with Crippen molar-refractivity contribution in [2.24, 2.45) is 11.7 Å². The fraction of sp³-hybridized carbons (Fsp3) is 0.438. The van der Waals surface area contributed by atoms with Gasteiger partial charge in [-0.15, -0.1) is 36.2 Å². The van der Waals surface area contributed by atoms with Crippen LogP contribution < -0.4 is 11.1 Å². The molecule has 2 aromatic rings. The monoisotopic (exact) mass is 420 g/mol. The molecule has 0 bridgehead atoms. The first kappa shape index (κ1) is 22.4. The van der Waals surface area contributed by atoms with Gasteiger partial charge in [0.15, 0.2) is 10.8 Å². The van der Waals surface area contributed by atoms with Gasteiger partial charge in [-0.1, -0.05) is 0 Å². The highest BCUT2D eigenvalue weighted by Gasteiger charge is 2.29. The molecule has 1 aliphatic heterocycles. The third-order valence-corrected chi connectivity index (χ3v) is 4.97. The Morgan fingerprint density at radius 2 is 2.23 bits per heavy atom. The summed E-state index contributed by atoms with van der Waals surface area (Å²) in [6.45, 7) is 1.97. The zero-order valence-electron chi connectivity index (χ0n) is 14.1. The first-order chi connectivity index (χ1) is 11.7. The van der Waals surface area contributed by atoms with E-state index in [2.05, 4.69) is 10.3 Å². The highest BCUT2D eigenvalue weighted by atomic mass is 35.5. The van der Waals surface area contributed by atoms with E-state index in [1.807, 2.05) is 6.07 Å². The van der Waals surface area contributed by atoms with Crippen molar-refractivity contribution in [3.63, 3.8) is 0 Å². The van der Waals surface area contributed by atoms with Crippen molar-refractivity contribution >= 4 is 48.0 Å². The fourth-order valence-corrected chi connectivity index (χ4v) is 3.61. The average molecular weight is 421 g/mol. The Bertz CT molecular complexity index is 708. The molecular weight excluding hydrogens is 399 g/mol. The Labute approximate surface area is 168 Å². The summed E-state index contributed by atoms with van der Waals surface area (Å²) in [7, 11) is 0. The molecule has 3 rings (SSSR count). The Balaban J connectivity index is 0.00000169. The topological polar surface area (TPSA) is 101 Å². The molecule has 144 valence electrons. The number of nitrogens with zero attached hydrogens (tertiary/aromatic N) is 2. The van der Waals surface area contributed by atoms with E-state index < -0.39 is 0 Å². The molecule has 1 saturated heterocycles. The van der Waals surface area contributed by atoms with Crippen molar-refractivity contribution in [3.05, 3.63) is 29.5 Å². The number of halogens is 2. The van der Waals surface area contributed by atoms with Gasteiger partial charge in [-0.3, -0.25) is 9.59 Å². The van der Waals surface area contributed by atoms with Gasteiger partial charge < -0.3 is 20.4 Å². The summed E-state index contributed by atoms with van der Waals surface area (Å²) in [5.41, 5.74) is 5.41. The van der Waals surface area contributed by atoms with E-state index in [-0.39, 0.29) is 42.5 Å². The molecule has 1 unspecified atom stereocenters. The van der Waals surface area contributed by atoms with Crippen LogP contribution in [-0.2, 0) is 4.79 Å². The standard InChI is InChI=1S/C16H20N4O3S.2ClH/c17-5-6-18-14(21)11-3-1-7-20(10-11)16(22)13-9-19-15(24-13)12-4-2-8-23-12;;/h2,4,8-9,11H,1,3,5-7,10,17H2,(H,18,21);2*1H. The zero-order valence-corrected chi connectivity index (χ0v) is 16.5. The molecular formula is C16H22Cl2N4O3S. The maximum Gasteiger partial charge on any atom is 0.265 e. The van der Waals surface area contributed by atoms with Crippen LogP contribution in [0.2, 0.25) is 0 Å². The second kappa shape index (κ2) is 10.5. The number of hydrogen-bond donors (Lipinski definition) is 2. The molecule has 7 nitrogen and oxygen atoms in total. The molecule has 2 aromatic heterocycles. The Hall–Kier alpha value is -1.61. The predicted octanol–water partition coefficient (Wildman–Crippen LogP) is 2.17. The van der Waals surface area contributed by atoms with Crippen molar-refractivity contribution in [2.75, 3.05) is 26.2 Å². The Morgan fingerprint density at radius 3 is 2.92 bits per heavy atom. The van der Waals surface area contributed by atoms with Gasteiger partial charge in [0.05, 0.1) is 18.4 Å². The van der Waals surface area contributed by atoms with Crippen LogP contribution in [0.3, 0.4) is 0 Å². The third-order valence-electron chi connectivity index (χ3n) is 3.97. The lowest BCUT2D eigenvalue weighted by Gasteiger charge is -2.31. The van der Waals surface area contributed by atoms with Gasteiger partial charge in [0.2, 0.25) is 5.91 Å². The minimum atomic E-state index is -0.174. The summed E-state index contributed by atoms with van der Waals surface area (Å²) in [5.74, 6) is 0.364. The van der Waals surface area contributed by atoms with Crippen LogP contribution in [-0.4, -0.2) is 47.9 Å². The molecule has 1 atom stereocenters. The molecule has 0 radical (unpaired) electrons. The minimum Gasteiger partial charge on any atom is -0.462 e. The predicted molar refractivity (Wildman–Crippen MR) is 105 cm³/mol. The number of hydrogen-bond acceptors (Lipinski definition) is 6. The Morgan fingerprint density at radius 1 is 1.42 bits per heavy atom. The average Bonchev–Trinajstić information content (AvgIpc) is 3.30. The number of furan rings is 1.